The van der Waals surface area contributed by atoms with Gasteiger partial charge in [-0.3, -0.25) is 9.69 Å². The number of ether oxygens (including phenoxy) is 1. The van der Waals surface area contributed by atoms with E-state index >= 15 is 0 Å². The minimum atomic E-state index is -0.450. The van der Waals surface area contributed by atoms with Crippen LogP contribution in [0.1, 0.15) is 31.4 Å². The molecule has 7 nitrogen and oxygen atoms in total. The zero-order chi connectivity index (χ0) is 22.5. The highest BCUT2D eigenvalue weighted by Gasteiger charge is 2.17. The Bertz CT molecular complexity index is 1200. The Morgan fingerprint density at radius 3 is 2.75 bits per heavy atom. The van der Waals surface area contributed by atoms with Crippen molar-refractivity contribution >= 4 is 21.6 Å². The van der Waals surface area contributed by atoms with Gasteiger partial charge in [-0.2, -0.15) is 0 Å². The number of benzene rings is 1. The molecule has 0 aliphatic rings. The van der Waals surface area contributed by atoms with Crippen LogP contribution in [0.25, 0.3) is 21.3 Å². The summed E-state index contributed by atoms with van der Waals surface area (Å²) in [6.45, 7) is 3.45. The second kappa shape index (κ2) is 10.1. The van der Waals surface area contributed by atoms with Crippen LogP contribution in [0, 0.1) is 0 Å². The Morgan fingerprint density at radius 1 is 1.25 bits per heavy atom. The van der Waals surface area contributed by atoms with Crippen molar-refractivity contribution in [2.24, 2.45) is 0 Å². The molecule has 1 atom stereocenters. The number of hydrogen-bond acceptors (Lipinski definition) is 7. The first-order valence-corrected chi connectivity index (χ1v) is 11.5. The molecule has 32 heavy (non-hydrogen) atoms. The van der Waals surface area contributed by atoms with Crippen LogP contribution in [-0.4, -0.2) is 39.7 Å². The fourth-order valence-corrected chi connectivity index (χ4v) is 4.76. The Hall–Kier alpha value is -2.94. The number of hydrogen-bond donors (Lipinski definition) is 2. The maximum atomic E-state index is 13.0. The number of nitrogens with zero attached hydrogens (tertiary/aromatic N) is 2. The van der Waals surface area contributed by atoms with Crippen molar-refractivity contribution in [1.82, 2.24) is 14.9 Å². The topological polar surface area (TPSA) is 91.6 Å². The first-order valence-electron chi connectivity index (χ1n) is 10.6. The third kappa shape index (κ3) is 5.09. The number of furan rings is 1. The van der Waals surface area contributed by atoms with Crippen molar-refractivity contribution < 1.29 is 14.3 Å². The van der Waals surface area contributed by atoms with E-state index in [0.29, 0.717) is 42.1 Å². The average Bonchev–Trinajstić information content (AvgIpc) is 3.44. The van der Waals surface area contributed by atoms with E-state index in [9.17, 15) is 9.90 Å². The summed E-state index contributed by atoms with van der Waals surface area (Å²) in [6, 6.07) is 11.4. The van der Waals surface area contributed by atoms with Crippen molar-refractivity contribution in [3.8, 4) is 16.9 Å². The lowest BCUT2D eigenvalue weighted by atomic mass is 10.1. The van der Waals surface area contributed by atoms with Crippen molar-refractivity contribution in [2.75, 3.05) is 13.7 Å². The van der Waals surface area contributed by atoms with Crippen LogP contribution in [0.4, 0.5) is 0 Å². The van der Waals surface area contributed by atoms with Crippen molar-refractivity contribution in [3.63, 3.8) is 0 Å². The molecule has 8 heteroatoms. The van der Waals surface area contributed by atoms with E-state index in [1.165, 1.54) is 11.3 Å². The highest BCUT2D eigenvalue weighted by atomic mass is 32.1. The molecular weight excluding hydrogens is 426 g/mol. The molecule has 0 spiro atoms. The summed E-state index contributed by atoms with van der Waals surface area (Å²) in [5.74, 6) is 2.14. The predicted molar refractivity (Wildman–Crippen MR) is 126 cm³/mol. The lowest BCUT2D eigenvalue weighted by molar-refractivity contribution is 0.0918. The van der Waals surface area contributed by atoms with Crippen LogP contribution in [-0.2, 0) is 13.1 Å². The summed E-state index contributed by atoms with van der Waals surface area (Å²) in [6.07, 6.45) is 2.80. The first kappa shape index (κ1) is 22.3. The Balaban J connectivity index is 1.60. The lowest BCUT2D eigenvalue weighted by Gasteiger charge is -2.23. The molecule has 0 saturated carbocycles. The third-order valence-corrected chi connectivity index (χ3v) is 6.19. The molecule has 0 saturated heterocycles. The number of aliphatic hydroxyl groups is 1. The number of aliphatic hydroxyl groups excluding tert-OH is 1. The summed E-state index contributed by atoms with van der Waals surface area (Å²) < 4.78 is 10.7. The van der Waals surface area contributed by atoms with E-state index in [1.807, 2.05) is 53.6 Å². The molecule has 4 rings (SSSR count). The minimum absolute atomic E-state index is 0.163. The zero-order valence-corrected chi connectivity index (χ0v) is 19.0. The number of aromatic amines is 1. The summed E-state index contributed by atoms with van der Waals surface area (Å²) in [5, 5.41) is 12.9. The molecular formula is C24H27N3O4S. The number of methoxy groups -OCH3 is 1. The number of rotatable bonds is 10. The molecule has 1 aromatic carbocycles. The normalized spacial score (nSPS) is 12.5. The molecule has 3 heterocycles. The molecule has 0 bridgehead atoms. The monoisotopic (exact) mass is 453 g/mol. The van der Waals surface area contributed by atoms with Gasteiger partial charge in [-0.1, -0.05) is 25.5 Å². The number of aromatic nitrogens is 2. The van der Waals surface area contributed by atoms with Crippen LogP contribution < -0.4 is 10.3 Å². The van der Waals surface area contributed by atoms with E-state index < -0.39 is 6.10 Å². The summed E-state index contributed by atoms with van der Waals surface area (Å²) in [5.41, 5.74) is 1.64. The van der Waals surface area contributed by atoms with E-state index in [1.54, 1.807) is 13.4 Å². The van der Waals surface area contributed by atoms with Crippen molar-refractivity contribution in [3.05, 3.63) is 70.0 Å². The van der Waals surface area contributed by atoms with Gasteiger partial charge in [-0.05, 0) is 36.2 Å². The standard InChI is InChI=1S/C24H27N3O4S/c1-3-5-17(28)12-27(13-19-6-4-11-31-19)14-21-25-23(29)22-20(15-32-24(22)26-21)16-7-9-18(30-2)10-8-16/h4,6-11,15,17,28H,3,5,12-14H2,1-2H3,(H,25,26,29). The highest BCUT2D eigenvalue weighted by Crippen LogP contribution is 2.31. The number of nitrogens with one attached hydrogen (secondary N) is 1. The third-order valence-electron chi connectivity index (χ3n) is 5.32. The lowest BCUT2D eigenvalue weighted by Crippen LogP contribution is -2.32. The molecule has 0 aliphatic carbocycles. The van der Waals surface area contributed by atoms with Gasteiger partial charge in [0.2, 0.25) is 0 Å². The Morgan fingerprint density at radius 2 is 2.06 bits per heavy atom. The van der Waals surface area contributed by atoms with E-state index in [2.05, 4.69) is 4.98 Å². The fraction of sp³-hybridized carbons (Fsp3) is 0.333. The zero-order valence-electron chi connectivity index (χ0n) is 18.2. The molecule has 2 N–H and O–H groups in total. The Labute approximate surface area is 190 Å². The SMILES string of the molecule is CCCC(O)CN(Cc1nc2scc(-c3ccc(OC)cc3)c2c(=O)[nH]1)Cc1ccco1. The molecule has 168 valence electrons. The van der Waals surface area contributed by atoms with Crippen LogP contribution in [0.5, 0.6) is 5.75 Å². The number of fused-ring (bicyclic) bond motifs is 1. The number of thiophene rings is 1. The molecule has 3 aromatic heterocycles. The smallest absolute Gasteiger partial charge is 0.260 e. The number of H-pyrrole nitrogens is 1. The molecule has 0 fully saturated rings. The first-order chi connectivity index (χ1) is 15.6. The van der Waals surface area contributed by atoms with E-state index in [-0.39, 0.29) is 5.56 Å². The molecule has 0 radical (unpaired) electrons. The molecule has 1 unspecified atom stereocenters. The fourth-order valence-electron chi connectivity index (χ4n) is 3.79. The van der Waals surface area contributed by atoms with Gasteiger partial charge in [0.25, 0.3) is 5.56 Å². The van der Waals surface area contributed by atoms with Gasteiger partial charge in [0.1, 0.15) is 22.2 Å². The quantitative estimate of drug-likeness (QED) is 0.369. The second-order valence-electron chi connectivity index (χ2n) is 7.76. The Kier molecular flexibility index (Phi) is 7.04. The molecule has 4 aromatic rings. The maximum Gasteiger partial charge on any atom is 0.260 e. The van der Waals surface area contributed by atoms with Crippen molar-refractivity contribution in [1.29, 1.82) is 0 Å². The average molecular weight is 454 g/mol. The van der Waals surface area contributed by atoms with Crippen LogP contribution >= 0.6 is 11.3 Å². The van der Waals surface area contributed by atoms with Gasteiger partial charge in [0.05, 0.1) is 38.0 Å². The van der Waals surface area contributed by atoms with Gasteiger partial charge in [-0.25, -0.2) is 4.98 Å². The molecule has 0 aliphatic heterocycles. The van der Waals surface area contributed by atoms with Crippen LogP contribution in [0.15, 0.2) is 57.3 Å². The molecule has 0 amide bonds. The largest absolute Gasteiger partial charge is 0.497 e. The second-order valence-corrected chi connectivity index (χ2v) is 8.62. The van der Waals surface area contributed by atoms with Gasteiger partial charge in [-0.15, -0.1) is 11.3 Å². The van der Waals surface area contributed by atoms with Crippen LogP contribution in [0.3, 0.4) is 0 Å². The summed E-state index contributed by atoms with van der Waals surface area (Å²) in [4.78, 5) is 23.4. The van der Waals surface area contributed by atoms with Gasteiger partial charge >= 0.3 is 0 Å². The van der Waals surface area contributed by atoms with Crippen LogP contribution in [0.2, 0.25) is 0 Å². The van der Waals surface area contributed by atoms with Crippen molar-refractivity contribution in [2.45, 2.75) is 39.0 Å². The van der Waals surface area contributed by atoms with E-state index in [4.69, 9.17) is 14.1 Å². The maximum absolute atomic E-state index is 13.0. The summed E-state index contributed by atoms with van der Waals surface area (Å²) >= 11 is 1.45. The highest BCUT2D eigenvalue weighted by molar-refractivity contribution is 7.17. The predicted octanol–water partition coefficient (Wildman–Crippen LogP) is 4.42. The van der Waals surface area contributed by atoms with Gasteiger partial charge in [0, 0.05) is 17.5 Å². The van der Waals surface area contributed by atoms with Gasteiger partial charge < -0.3 is 19.2 Å². The minimum Gasteiger partial charge on any atom is -0.497 e. The summed E-state index contributed by atoms with van der Waals surface area (Å²) in [7, 11) is 1.63. The van der Waals surface area contributed by atoms with E-state index in [0.717, 1.165) is 29.1 Å². The van der Waals surface area contributed by atoms with Gasteiger partial charge in [0.15, 0.2) is 0 Å².